The Balaban J connectivity index is 2.18. The maximum Gasteiger partial charge on any atom is 0.191 e. The number of rotatable bonds is 2. The van der Waals surface area contributed by atoms with E-state index in [1.54, 1.807) is 18.2 Å². The Morgan fingerprint density at radius 3 is 2.81 bits per heavy atom. The number of nitrogens with two attached hydrogens (primary N) is 1. The molecule has 0 aromatic heterocycles. The molecule has 0 aliphatic carbocycles. The van der Waals surface area contributed by atoms with Crippen LogP contribution in [-0.2, 0) is 4.74 Å². The third kappa shape index (κ3) is 2.20. The first-order valence-corrected chi connectivity index (χ1v) is 5.70. The lowest BCUT2D eigenvalue weighted by Gasteiger charge is -2.10. The van der Waals surface area contributed by atoms with Crippen molar-refractivity contribution in [1.29, 1.82) is 0 Å². The van der Waals surface area contributed by atoms with E-state index in [1.807, 2.05) is 6.92 Å². The number of halogens is 1. The average molecular weight is 240 g/mol. The molecule has 2 rings (SSSR count). The van der Waals surface area contributed by atoms with Crippen LogP contribution in [0.2, 0.25) is 5.02 Å². The number of carbonyl (C=O) groups is 1. The number of hydrogen-bond donors (Lipinski definition) is 1. The molecule has 1 aromatic carbocycles. The Morgan fingerprint density at radius 2 is 2.25 bits per heavy atom. The van der Waals surface area contributed by atoms with Crippen molar-refractivity contribution in [3.05, 3.63) is 28.8 Å². The maximum atomic E-state index is 12.0. The molecule has 1 fully saturated rings. The molecule has 4 heteroatoms. The molecule has 2 atom stereocenters. The number of Topliss-reactive ketones (excluding diaryl/α,β-unsaturated/α-hetero) is 1. The van der Waals surface area contributed by atoms with Gasteiger partial charge in [-0.1, -0.05) is 11.6 Å². The second-order valence-corrected chi connectivity index (χ2v) is 4.52. The fourth-order valence-corrected chi connectivity index (χ4v) is 2.04. The van der Waals surface area contributed by atoms with Crippen molar-refractivity contribution in [2.75, 3.05) is 5.73 Å². The van der Waals surface area contributed by atoms with E-state index >= 15 is 0 Å². The Labute approximate surface area is 99.5 Å². The lowest BCUT2D eigenvalue weighted by molar-refractivity contribution is 0.0433. The molecule has 0 spiro atoms. The summed E-state index contributed by atoms with van der Waals surface area (Å²) in [5.74, 6) is -0.00810. The van der Waals surface area contributed by atoms with Crippen LogP contribution in [0, 0.1) is 0 Å². The molecule has 1 saturated heterocycles. The van der Waals surface area contributed by atoms with E-state index in [1.165, 1.54) is 0 Å². The van der Waals surface area contributed by atoms with Gasteiger partial charge in [0.25, 0.3) is 0 Å². The minimum atomic E-state index is -0.324. The predicted octanol–water partition coefficient (Wildman–Crippen LogP) is 2.67. The first kappa shape index (κ1) is 11.4. The normalized spacial score (nSPS) is 24.6. The molecule has 0 bridgehead atoms. The van der Waals surface area contributed by atoms with Crippen molar-refractivity contribution in [2.45, 2.75) is 32.0 Å². The van der Waals surface area contributed by atoms with Gasteiger partial charge in [-0.15, -0.1) is 0 Å². The molecule has 1 heterocycles. The van der Waals surface area contributed by atoms with Crippen molar-refractivity contribution < 1.29 is 9.53 Å². The van der Waals surface area contributed by atoms with Crippen LogP contribution in [0.25, 0.3) is 0 Å². The molecule has 1 aromatic rings. The van der Waals surface area contributed by atoms with E-state index in [0.717, 1.165) is 12.8 Å². The molecule has 0 radical (unpaired) electrons. The number of hydrogen-bond acceptors (Lipinski definition) is 3. The monoisotopic (exact) mass is 239 g/mol. The highest BCUT2D eigenvalue weighted by atomic mass is 35.5. The van der Waals surface area contributed by atoms with Crippen LogP contribution < -0.4 is 5.73 Å². The predicted molar refractivity (Wildman–Crippen MR) is 63.8 cm³/mol. The van der Waals surface area contributed by atoms with E-state index < -0.39 is 0 Å². The second kappa shape index (κ2) is 4.44. The van der Waals surface area contributed by atoms with Gasteiger partial charge in [0.15, 0.2) is 5.78 Å². The molecule has 16 heavy (non-hydrogen) atoms. The van der Waals surface area contributed by atoms with Crippen molar-refractivity contribution in [3.63, 3.8) is 0 Å². The van der Waals surface area contributed by atoms with Gasteiger partial charge >= 0.3 is 0 Å². The molecule has 1 aliphatic heterocycles. The molecule has 1 aliphatic rings. The van der Waals surface area contributed by atoms with Gasteiger partial charge in [0.2, 0.25) is 0 Å². The summed E-state index contributed by atoms with van der Waals surface area (Å²) in [6.45, 7) is 1.98. The third-order valence-electron chi connectivity index (χ3n) is 2.81. The van der Waals surface area contributed by atoms with Gasteiger partial charge in [0.1, 0.15) is 6.10 Å². The summed E-state index contributed by atoms with van der Waals surface area (Å²) in [6, 6.07) is 4.94. The number of carbonyl (C=O) groups excluding carboxylic acids is 1. The van der Waals surface area contributed by atoms with Crippen LogP contribution in [0.5, 0.6) is 0 Å². The standard InChI is InChI=1S/C12H14ClNO2/c1-7-2-5-11(16-7)12(15)8-3-4-10(14)9(13)6-8/h3-4,6-7,11H,2,5,14H2,1H3. The summed E-state index contributed by atoms with van der Waals surface area (Å²) in [6.07, 6.45) is 1.55. The summed E-state index contributed by atoms with van der Waals surface area (Å²) in [7, 11) is 0. The number of benzene rings is 1. The molecule has 86 valence electrons. The number of ketones is 1. The van der Waals surface area contributed by atoms with Crippen LogP contribution in [0.1, 0.15) is 30.1 Å². The highest BCUT2D eigenvalue weighted by molar-refractivity contribution is 6.33. The lowest BCUT2D eigenvalue weighted by atomic mass is 10.0. The van der Waals surface area contributed by atoms with Gasteiger partial charge in [0.05, 0.1) is 16.8 Å². The van der Waals surface area contributed by atoms with E-state index in [0.29, 0.717) is 16.3 Å². The third-order valence-corrected chi connectivity index (χ3v) is 3.14. The molecule has 3 nitrogen and oxygen atoms in total. The topological polar surface area (TPSA) is 52.3 Å². The van der Waals surface area contributed by atoms with Gasteiger partial charge in [0, 0.05) is 5.56 Å². The van der Waals surface area contributed by atoms with Crippen LogP contribution in [-0.4, -0.2) is 18.0 Å². The average Bonchev–Trinajstić information content (AvgIpc) is 2.68. The minimum Gasteiger partial charge on any atom is -0.398 e. The molecule has 0 amide bonds. The Morgan fingerprint density at radius 1 is 1.50 bits per heavy atom. The fourth-order valence-electron chi connectivity index (χ4n) is 1.86. The zero-order chi connectivity index (χ0) is 11.7. The molecular weight excluding hydrogens is 226 g/mol. The number of ether oxygens (including phenoxy) is 1. The molecule has 0 saturated carbocycles. The SMILES string of the molecule is CC1CCC(C(=O)c2ccc(N)c(Cl)c2)O1. The van der Waals surface area contributed by atoms with Gasteiger partial charge in [-0.2, -0.15) is 0 Å². The summed E-state index contributed by atoms with van der Waals surface area (Å²) in [4.78, 5) is 12.0. The van der Waals surface area contributed by atoms with Gasteiger partial charge < -0.3 is 10.5 Å². The van der Waals surface area contributed by atoms with Crippen LogP contribution in [0.3, 0.4) is 0 Å². The Kier molecular flexibility index (Phi) is 3.17. The number of nitrogen functional groups attached to an aromatic ring is 1. The van der Waals surface area contributed by atoms with Crippen molar-refractivity contribution in [2.24, 2.45) is 0 Å². The smallest absolute Gasteiger partial charge is 0.191 e. The van der Waals surface area contributed by atoms with Crippen LogP contribution in [0.15, 0.2) is 18.2 Å². The quantitative estimate of drug-likeness (QED) is 0.638. The highest BCUT2D eigenvalue weighted by Crippen LogP contribution is 2.25. The van der Waals surface area contributed by atoms with E-state index in [-0.39, 0.29) is 18.0 Å². The largest absolute Gasteiger partial charge is 0.398 e. The minimum absolute atomic E-state index is 0.00810. The fraction of sp³-hybridized carbons (Fsp3) is 0.417. The summed E-state index contributed by atoms with van der Waals surface area (Å²) < 4.78 is 5.52. The first-order valence-electron chi connectivity index (χ1n) is 5.32. The van der Waals surface area contributed by atoms with Crippen molar-refractivity contribution >= 4 is 23.1 Å². The van der Waals surface area contributed by atoms with Gasteiger partial charge in [-0.25, -0.2) is 0 Å². The van der Waals surface area contributed by atoms with Crippen molar-refractivity contribution in [1.82, 2.24) is 0 Å². The zero-order valence-corrected chi connectivity index (χ0v) is 9.83. The van der Waals surface area contributed by atoms with Gasteiger partial charge in [-0.3, -0.25) is 4.79 Å². The Hall–Kier alpha value is -1.06. The van der Waals surface area contributed by atoms with Gasteiger partial charge in [-0.05, 0) is 38.0 Å². The summed E-state index contributed by atoms with van der Waals surface area (Å²) >= 11 is 5.88. The van der Waals surface area contributed by atoms with E-state index in [9.17, 15) is 4.79 Å². The lowest BCUT2D eigenvalue weighted by Crippen LogP contribution is -2.20. The summed E-state index contributed by atoms with van der Waals surface area (Å²) in [5.41, 5.74) is 6.64. The van der Waals surface area contributed by atoms with Crippen LogP contribution in [0.4, 0.5) is 5.69 Å². The molecule has 2 unspecified atom stereocenters. The maximum absolute atomic E-state index is 12.0. The second-order valence-electron chi connectivity index (χ2n) is 4.11. The number of anilines is 1. The van der Waals surface area contributed by atoms with E-state index in [4.69, 9.17) is 22.1 Å². The van der Waals surface area contributed by atoms with Crippen LogP contribution >= 0.6 is 11.6 Å². The summed E-state index contributed by atoms with van der Waals surface area (Å²) in [5, 5.41) is 0.414. The highest BCUT2D eigenvalue weighted by Gasteiger charge is 2.28. The Bertz CT molecular complexity index is 419. The van der Waals surface area contributed by atoms with E-state index in [2.05, 4.69) is 0 Å². The van der Waals surface area contributed by atoms with Crippen molar-refractivity contribution in [3.8, 4) is 0 Å². The zero-order valence-electron chi connectivity index (χ0n) is 9.07. The molecular formula is C12H14ClNO2. The molecule has 2 N–H and O–H groups in total. The first-order chi connectivity index (χ1) is 7.58.